The topological polar surface area (TPSA) is 91.7 Å². The van der Waals surface area contributed by atoms with E-state index in [2.05, 4.69) is 9.97 Å². The fourth-order valence-electron chi connectivity index (χ4n) is 2.03. The first-order valence-electron chi connectivity index (χ1n) is 5.76. The van der Waals surface area contributed by atoms with Crippen LogP contribution in [0.4, 0.5) is 5.69 Å². The summed E-state index contributed by atoms with van der Waals surface area (Å²) in [6.07, 6.45) is 0. The molecule has 19 heavy (non-hydrogen) atoms. The van der Waals surface area contributed by atoms with Crippen molar-refractivity contribution in [2.24, 2.45) is 0 Å². The first-order chi connectivity index (χ1) is 9.15. The summed E-state index contributed by atoms with van der Waals surface area (Å²) in [6.45, 7) is 0. The van der Waals surface area contributed by atoms with Crippen molar-refractivity contribution in [2.45, 2.75) is 0 Å². The first kappa shape index (κ1) is 11.3. The van der Waals surface area contributed by atoms with Gasteiger partial charge in [-0.25, -0.2) is 4.79 Å². The second-order valence-corrected chi connectivity index (χ2v) is 4.26. The molecule has 3 aromatic rings. The molecule has 0 aliphatic rings. The maximum atomic E-state index is 12.3. The number of nitrogens with one attached hydrogen (secondary N) is 2. The molecule has 0 bridgehead atoms. The number of aromatic amines is 2. The van der Waals surface area contributed by atoms with Crippen molar-refractivity contribution in [3.63, 3.8) is 0 Å². The van der Waals surface area contributed by atoms with Crippen LogP contribution in [0.25, 0.3) is 11.0 Å². The van der Waals surface area contributed by atoms with Gasteiger partial charge in [0.15, 0.2) is 5.78 Å². The summed E-state index contributed by atoms with van der Waals surface area (Å²) < 4.78 is 0. The maximum Gasteiger partial charge on any atom is 0.323 e. The molecule has 0 radical (unpaired) electrons. The minimum atomic E-state index is -0.293. The van der Waals surface area contributed by atoms with Gasteiger partial charge in [-0.1, -0.05) is 12.1 Å². The number of ketones is 1. The van der Waals surface area contributed by atoms with Gasteiger partial charge in [-0.05, 0) is 30.3 Å². The van der Waals surface area contributed by atoms with E-state index in [4.69, 9.17) is 5.73 Å². The van der Waals surface area contributed by atoms with E-state index in [1.807, 2.05) is 0 Å². The highest BCUT2D eigenvalue weighted by Gasteiger charge is 2.12. The molecule has 0 unspecified atom stereocenters. The van der Waals surface area contributed by atoms with Gasteiger partial charge >= 0.3 is 5.69 Å². The first-order valence-corrected chi connectivity index (χ1v) is 5.76. The number of aromatic nitrogens is 2. The molecule has 2 aromatic carbocycles. The Morgan fingerprint density at radius 1 is 1.00 bits per heavy atom. The fraction of sp³-hybridized carbons (Fsp3) is 0. The molecule has 0 aliphatic carbocycles. The zero-order chi connectivity index (χ0) is 13.4. The summed E-state index contributed by atoms with van der Waals surface area (Å²) >= 11 is 0. The summed E-state index contributed by atoms with van der Waals surface area (Å²) in [7, 11) is 0. The smallest absolute Gasteiger partial charge is 0.323 e. The van der Waals surface area contributed by atoms with Gasteiger partial charge in [-0.15, -0.1) is 0 Å². The van der Waals surface area contributed by atoms with Crippen molar-refractivity contribution in [3.05, 3.63) is 64.1 Å². The van der Waals surface area contributed by atoms with E-state index in [9.17, 15) is 9.59 Å². The van der Waals surface area contributed by atoms with Crippen LogP contribution in [0.1, 0.15) is 15.9 Å². The Bertz CT molecular complexity index is 830. The summed E-state index contributed by atoms with van der Waals surface area (Å²) in [4.78, 5) is 28.8. The van der Waals surface area contributed by atoms with E-state index in [0.29, 0.717) is 27.8 Å². The van der Waals surface area contributed by atoms with E-state index >= 15 is 0 Å². The molecule has 0 saturated heterocycles. The molecular weight excluding hydrogens is 242 g/mol. The van der Waals surface area contributed by atoms with Crippen LogP contribution >= 0.6 is 0 Å². The molecular formula is C14H11N3O2. The number of benzene rings is 2. The lowest BCUT2D eigenvalue weighted by Crippen LogP contribution is -2.05. The number of nitrogen functional groups attached to an aromatic ring is 1. The SMILES string of the molecule is Nc1ccccc1C(=O)c1ccc2[nH]c(=O)[nH]c2c1. The van der Waals surface area contributed by atoms with E-state index in [1.165, 1.54) is 0 Å². The molecule has 5 nitrogen and oxygen atoms in total. The molecule has 0 spiro atoms. The standard InChI is InChI=1S/C14H11N3O2/c15-10-4-2-1-3-9(10)13(18)8-5-6-11-12(7-8)17-14(19)16-11/h1-7H,15H2,(H2,16,17,19). The molecule has 1 aromatic heterocycles. The number of carbonyl (C=O) groups excluding carboxylic acids is 1. The molecule has 1 heterocycles. The molecule has 4 N–H and O–H groups in total. The summed E-state index contributed by atoms with van der Waals surface area (Å²) in [6, 6.07) is 11.9. The average molecular weight is 253 g/mol. The number of anilines is 1. The van der Waals surface area contributed by atoms with Crippen LogP contribution in [0, 0.1) is 0 Å². The van der Waals surface area contributed by atoms with Crippen LogP contribution in [-0.2, 0) is 0 Å². The van der Waals surface area contributed by atoms with Gasteiger partial charge < -0.3 is 15.7 Å². The maximum absolute atomic E-state index is 12.3. The fourth-order valence-corrected chi connectivity index (χ4v) is 2.03. The normalized spacial score (nSPS) is 10.7. The monoisotopic (exact) mass is 253 g/mol. The second kappa shape index (κ2) is 4.13. The summed E-state index contributed by atoms with van der Waals surface area (Å²) in [5, 5.41) is 0. The predicted octanol–water partition coefficient (Wildman–Crippen LogP) is 1.67. The summed E-state index contributed by atoms with van der Waals surface area (Å²) in [5.74, 6) is -0.165. The average Bonchev–Trinajstić information content (AvgIpc) is 2.77. The van der Waals surface area contributed by atoms with E-state index < -0.39 is 0 Å². The number of H-pyrrole nitrogens is 2. The van der Waals surface area contributed by atoms with Crippen LogP contribution < -0.4 is 11.4 Å². The van der Waals surface area contributed by atoms with Crippen molar-refractivity contribution >= 4 is 22.5 Å². The van der Waals surface area contributed by atoms with Gasteiger partial charge in [-0.3, -0.25) is 4.79 Å². The minimum absolute atomic E-state index is 0.165. The van der Waals surface area contributed by atoms with Crippen molar-refractivity contribution < 1.29 is 4.79 Å². The lowest BCUT2D eigenvalue weighted by atomic mass is 10.0. The third kappa shape index (κ3) is 1.91. The van der Waals surface area contributed by atoms with E-state index in [0.717, 1.165) is 0 Å². The molecule has 0 saturated carbocycles. The number of nitrogens with two attached hydrogens (primary N) is 1. The molecule has 0 atom stereocenters. The number of rotatable bonds is 2. The Labute approximate surface area is 108 Å². The highest BCUT2D eigenvalue weighted by atomic mass is 16.1. The predicted molar refractivity (Wildman–Crippen MR) is 73.2 cm³/mol. The van der Waals surface area contributed by atoms with Gasteiger partial charge in [-0.2, -0.15) is 0 Å². The quantitative estimate of drug-likeness (QED) is 0.479. The van der Waals surface area contributed by atoms with Crippen LogP contribution in [0.5, 0.6) is 0 Å². The number of carbonyl (C=O) groups is 1. The van der Waals surface area contributed by atoms with Crippen molar-refractivity contribution in [2.75, 3.05) is 5.73 Å². The van der Waals surface area contributed by atoms with Gasteiger partial charge in [0, 0.05) is 16.8 Å². The van der Waals surface area contributed by atoms with Crippen LogP contribution in [-0.4, -0.2) is 15.8 Å². The number of hydrogen-bond donors (Lipinski definition) is 3. The third-order valence-corrected chi connectivity index (χ3v) is 2.98. The number of para-hydroxylation sites is 1. The number of fused-ring (bicyclic) bond motifs is 1. The molecule has 94 valence electrons. The Kier molecular flexibility index (Phi) is 2.45. The van der Waals surface area contributed by atoms with Gasteiger partial charge in [0.05, 0.1) is 11.0 Å². The zero-order valence-corrected chi connectivity index (χ0v) is 9.94. The highest BCUT2D eigenvalue weighted by Crippen LogP contribution is 2.18. The molecule has 5 heteroatoms. The Morgan fingerprint density at radius 3 is 2.53 bits per heavy atom. The summed E-state index contributed by atoms with van der Waals surface area (Å²) in [5.41, 5.74) is 8.15. The van der Waals surface area contributed by atoms with Gasteiger partial charge in [0.1, 0.15) is 0 Å². The van der Waals surface area contributed by atoms with Crippen LogP contribution in [0.2, 0.25) is 0 Å². The number of imidazole rings is 1. The second-order valence-electron chi connectivity index (χ2n) is 4.26. The van der Waals surface area contributed by atoms with Crippen molar-refractivity contribution in [1.29, 1.82) is 0 Å². The van der Waals surface area contributed by atoms with Crippen LogP contribution in [0.3, 0.4) is 0 Å². The minimum Gasteiger partial charge on any atom is -0.398 e. The number of hydrogen-bond acceptors (Lipinski definition) is 3. The van der Waals surface area contributed by atoms with Crippen molar-refractivity contribution in [3.8, 4) is 0 Å². The van der Waals surface area contributed by atoms with E-state index in [-0.39, 0.29) is 11.5 Å². The van der Waals surface area contributed by atoms with Crippen molar-refractivity contribution in [1.82, 2.24) is 9.97 Å². The lowest BCUT2D eigenvalue weighted by molar-refractivity contribution is 0.103. The van der Waals surface area contributed by atoms with Crippen LogP contribution in [0.15, 0.2) is 47.3 Å². The third-order valence-electron chi connectivity index (χ3n) is 2.98. The zero-order valence-electron chi connectivity index (χ0n) is 9.94. The lowest BCUT2D eigenvalue weighted by Gasteiger charge is -2.04. The van der Waals surface area contributed by atoms with E-state index in [1.54, 1.807) is 42.5 Å². The molecule has 3 rings (SSSR count). The van der Waals surface area contributed by atoms with Gasteiger partial charge in [0.2, 0.25) is 0 Å². The molecule has 0 aliphatic heterocycles. The molecule has 0 amide bonds. The Hall–Kier alpha value is -2.82. The molecule has 0 fully saturated rings. The van der Waals surface area contributed by atoms with Gasteiger partial charge in [0.25, 0.3) is 0 Å². The Morgan fingerprint density at radius 2 is 1.74 bits per heavy atom. The largest absolute Gasteiger partial charge is 0.398 e. The highest BCUT2D eigenvalue weighted by molar-refractivity contribution is 6.13. The Balaban J connectivity index is 2.11.